The highest BCUT2D eigenvalue weighted by Crippen LogP contribution is 2.38. The summed E-state index contributed by atoms with van der Waals surface area (Å²) in [6.07, 6.45) is -9.47. The first-order valence-electron chi connectivity index (χ1n) is 7.37. The van der Waals surface area contributed by atoms with Crippen LogP contribution in [-0.4, -0.2) is 47.7 Å². The van der Waals surface area contributed by atoms with Crippen molar-refractivity contribution in [1.82, 2.24) is 4.90 Å². The van der Waals surface area contributed by atoms with Crippen molar-refractivity contribution in [3.05, 3.63) is 29.8 Å². The maximum Gasteiger partial charge on any atom is 0.418 e. The molecular weight excluding hydrogens is 370 g/mol. The lowest BCUT2D eigenvalue weighted by Gasteiger charge is -2.18. The summed E-state index contributed by atoms with van der Waals surface area (Å²) in [5.41, 5.74) is -1.61. The highest BCUT2D eigenvalue weighted by atomic mass is 19.4. The first-order valence-corrected chi connectivity index (χ1v) is 7.37. The van der Waals surface area contributed by atoms with Crippen molar-refractivity contribution in [3.8, 4) is 0 Å². The third-order valence-electron chi connectivity index (χ3n) is 4.01. The summed E-state index contributed by atoms with van der Waals surface area (Å²) in [6.45, 7) is -1.88. The molecule has 0 radical (unpaired) electrons. The summed E-state index contributed by atoms with van der Waals surface area (Å²) in [7, 11) is 0. The van der Waals surface area contributed by atoms with Gasteiger partial charge in [-0.25, -0.2) is 0 Å². The first-order chi connectivity index (χ1) is 11.9. The Morgan fingerprint density at radius 1 is 1.12 bits per heavy atom. The van der Waals surface area contributed by atoms with Crippen LogP contribution in [0.3, 0.4) is 0 Å². The third kappa shape index (κ3) is 4.65. The van der Waals surface area contributed by atoms with Gasteiger partial charge in [-0.3, -0.25) is 14.5 Å². The number of rotatable bonds is 4. The van der Waals surface area contributed by atoms with E-state index in [1.54, 1.807) is 0 Å². The van der Waals surface area contributed by atoms with E-state index in [1.807, 2.05) is 5.32 Å². The van der Waals surface area contributed by atoms with E-state index in [4.69, 9.17) is 5.11 Å². The summed E-state index contributed by atoms with van der Waals surface area (Å²) in [5.74, 6) is -6.48. The Balaban J connectivity index is 2.07. The van der Waals surface area contributed by atoms with Crippen molar-refractivity contribution in [2.24, 2.45) is 11.8 Å². The average molecular weight is 384 g/mol. The second kappa shape index (κ2) is 7.14. The predicted molar refractivity (Wildman–Crippen MR) is 77.2 cm³/mol. The highest BCUT2D eigenvalue weighted by Gasteiger charge is 2.52. The zero-order chi connectivity index (χ0) is 19.7. The van der Waals surface area contributed by atoms with Crippen LogP contribution in [0.2, 0.25) is 0 Å². The number of anilines is 1. The molecule has 1 aromatic carbocycles. The molecule has 2 N–H and O–H groups in total. The molecule has 1 fully saturated rings. The molecule has 1 saturated heterocycles. The monoisotopic (exact) mass is 384 g/mol. The minimum absolute atomic E-state index is 0.520. The number of alkyl halides is 6. The number of hydrogen-bond donors (Lipinski definition) is 2. The number of carbonyl (C=O) groups excluding carboxylic acids is 1. The molecule has 1 aliphatic rings. The molecule has 1 heterocycles. The number of nitrogens with one attached hydrogen (secondary N) is 1. The maximum atomic E-state index is 12.9. The van der Waals surface area contributed by atoms with E-state index in [0.717, 1.165) is 23.1 Å². The molecule has 1 amide bonds. The Hall–Kier alpha value is -2.30. The molecule has 0 unspecified atom stereocenters. The molecule has 0 aromatic heterocycles. The van der Waals surface area contributed by atoms with Gasteiger partial charge >= 0.3 is 18.3 Å². The molecule has 0 bridgehead atoms. The Labute approximate surface area is 143 Å². The van der Waals surface area contributed by atoms with Gasteiger partial charge in [0.05, 0.1) is 29.6 Å². The Morgan fingerprint density at radius 2 is 1.73 bits per heavy atom. The number of hydrogen-bond acceptors (Lipinski definition) is 3. The van der Waals surface area contributed by atoms with Crippen LogP contribution in [0.5, 0.6) is 0 Å². The van der Waals surface area contributed by atoms with Gasteiger partial charge in [-0.2, -0.15) is 26.3 Å². The second-order valence-corrected chi connectivity index (χ2v) is 5.88. The third-order valence-corrected chi connectivity index (χ3v) is 4.01. The van der Waals surface area contributed by atoms with Crippen LogP contribution in [-0.2, 0) is 15.8 Å². The molecule has 144 valence electrons. The maximum absolute atomic E-state index is 12.9. The lowest BCUT2D eigenvalue weighted by atomic mass is 9.96. The molecule has 1 aromatic rings. The Bertz CT molecular complexity index is 689. The first kappa shape index (κ1) is 20.0. The van der Waals surface area contributed by atoms with Crippen molar-refractivity contribution >= 4 is 17.6 Å². The van der Waals surface area contributed by atoms with Gasteiger partial charge in [0, 0.05) is 13.1 Å². The summed E-state index contributed by atoms with van der Waals surface area (Å²) < 4.78 is 77.3. The standard InChI is InChI=1S/C15H14F6N2O3/c16-14(17,18)9-3-1-2-4-11(9)22-12(24)7-23-5-8(13(25)26)10(6-23)15(19,20)21/h1-4,8,10H,5-7H2,(H,22,24)(H,25,26)/t8-,10-/m1/s1. The van der Waals surface area contributed by atoms with E-state index in [9.17, 15) is 35.9 Å². The van der Waals surface area contributed by atoms with E-state index in [2.05, 4.69) is 0 Å². The predicted octanol–water partition coefficient (Wildman–Crippen LogP) is 2.84. The number of amides is 1. The molecule has 0 saturated carbocycles. The number of carboxylic acid groups (broad SMARTS) is 1. The lowest BCUT2D eigenvalue weighted by molar-refractivity contribution is -0.188. The van der Waals surface area contributed by atoms with E-state index in [-0.39, 0.29) is 0 Å². The minimum Gasteiger partial charge on any atom is -0.481 e. The summed E-state index contributed by atoms with van der Waals surface area (Å²) in [4.78, 5) is 23.9. The van der Waals surface area contributed by atoms with Gasteiger partial charge in [0.2, 0.25) is 5.91 Å². The normalized spacial score (nSPS) is 21.6. The Kier molecular flexibility index (Phi) is 5.49. The van der Waals surface area contributed by atoms with Gasteiger partial charge in [-0.1, -0.05) is 12.1 Å². The number of benzene rings is 1. The quantitative estimate of drug-likeness (QED) is 0.784. The van der Waals surface area contributed by atoms with Gasteiger partial charge in [0.1, 0.15) is 0 Å². The number of aliphatic carboxylic acids is 1. The number of carbonyl (C=O) groups is 2. The molecule has 0 aliphatic carbocycles. The molecular formula is C15H14F6N2O3. The van der Waals surface area contributed by atoms with Gasteiger partial charge < -0.3 is 10.4 Å². The van der Waals surface area contributed by atoms with Gasteiger partial charge in [-0.15, -0.1) is 0 Å². The van der Waals surface area contributed by atoms with Crippen LogP contribution in [0.4, 0.5) is 32.0 Å². The fourth-order valence-corrected chi connectivity index (χ4v) is 2.83. The van der Waals surface area contributed by atoms with Crippen molar-refractivity contribution in [2.45, 2.75) is 12.4 Å². The van der Waals surface area contributed by atoms with Crippen LogP contribution in [0.15, 0.2) is 24.3 Å². The van der Waals surface area contributed by atoms with Crippen LogP contribution in [0.1, 0.15) is 5.56 Å². The molecule has 5 nitrogen and oxygen atoms in total. The van der Waals surface area contributed by atoms with Gasteiger partial charge in [0.25, 0.3) is 0 Å². The number of likely N-dealkylation sites (tertiary alicyclic amines) is 1. The summed E-state index contributed by atoms with van der Waals surface area (Å²) in [6, 6.07) is 4.17. The number of halogens is 6. The SMILES string of the molecule is O=C(CN1C[C@@H](C(F)(F)F)[C@H](C(=O)O)C1)Nc1ccccc1C(F)(F)F. The number of nitrogens with zero attached hydrogens (tertiary/aromatic N) is 1. The van der Waals surface area contributed by atoms with Crippen LogP contribution >= 0.6 is 0 Å². The van der Waals surface area contributed by atoms with Crippen molar-refractivity contribution < 1.29 is 41.0 Å². The summed E-state index contributed by atoms with van der Waals surface area (Å²) in [5, 5.41) is 10.9. The largest absolute Gasteiger partial charge is 0.481 e. The van der Waals surface area contributed by atoms with Crippen LogP contribution in [0.25, 0.3) is 0 Å². The van der Waals surface area contributed by atoms with Crippen molar-refractivity contribution in [3.63, 3.8) is 0 Å². The fraction of sp³-hybridized carbons (Fsp3) is 0.467. The number of para-hydroxylation sites is 1. The molecule has 26 heavy (non-hydrogen) atoms. The Morgan fingerprint density at radius 3 is 2.23 bits per heavy atom. The zero-order valence-electron chi connectivity index (χ0n) is 13.1. The van der Waals surface area contributed by atoms with Gasteiger partial charge in [0.15, 0.2) is 0 Å². The molecule has 2 rings (SSSR count). The van der Waals surface area contributed by atoms with E-state index in [0.29, 0.717) is 0 Å². The number of carboxylic acids is 1. The van der Waals surface area contributed by atoms with E-state index >= 15 is 0 Å². The van der Waals surface area contributed by atoms with Crippen molar-refractivity contribution in [2.75, 3.05) is 25.0 Å². The van der Waals surface area contributed by atoms with Crippen LogP contribution < -0.4 is 5.32 Å². The molecule has 1 aliphatic heterocycles. The molecule has 0 spiro atoms. The van der Waals surface area contributed by atoms with E-state index in [1.165, 1.54) is 6.07 Å². The molecule has 11 heteroatoms. The minimum atomic E-state index is -4.75. The molecule has 2 atom stereocenters. The van der Waals surface area contributed by atoms with E-state index < -0.39 is 67.0 Å². The average Bonchev–Trinajstić information content (AvgIpc) is 2.90. The van der Waals surface area contributed by atoms with Crippen LogP contribution in [0, 0.1) is 11.8 Å². The smallest absolute Gasteiger partial charge is 0.418 e. The summed E-state index contributed by atoms with van der Waals surface area (Å²) >= 11 is 0. The lowest BCUT2D eigenvalue weighted by Crippen LogP contribution is -2.34. The second-order valence-electron chi connectivity index (χ2n) is 5.88. The highest BCUT2D eigenvalue weighted by molar-refractivity contribution is 5.93. The zero-order valence-corrected chi connectivity index (χ0v) is 13.1. The van der Waals surface area contributed by atoms with Crippen molar-refractivity contribution in [1.29, 1.82) is 0 Å². The fourth-order valence-electron chi connectivity index (χ4n) is 2.83. The topological polar surface area (TPSA) is 69.6 Å². The van der Waals surface area contributed by atoms with Gasteiger partial charge in [-0.05, 0) is 12.1 Å².